The lowest BCUT2D eigenvalue weighted by Gasteiger charge is -2.09. The van der Waals surface area contributed by atoms with Gasteiger partial charge < -0.3 is 14.3 Å². The number of carboxylic acids is 1. The SMILES string of the molecule is O=C(O)COc1ccc2cc(-c3cc4ccccc4o3)ccc2c1Br. The Hall–Kier alpha value is -2.79. The van der Waals surface area contributed by atoms with Crippen molar-refractivity contribution in [3.63, 3.8) is 0 Å². The highest BCUT2D eigenvalue weighted by Crippen LogP contribution is 2.36. The monoisotopic (exact) mass is 396 g/mol. The number of benzene rings is 3. The van der Waals surface area contributed by atoms with Crippen LogP contribution < -0.4 is 4.74 Å². The zero-order chi connectivity index (χ0) is 17.4. The number of ether oxygens (including phenoxy) is 1. The van der Waals surface area contributed by atoms with Gasteiger partial charge in [-0.1, -0.05) is 36.4 Å². The van der Waals surface area contributed by atoms with Crippen LogP contribution in [0.1, 0.15) is 0 Å². The van der Waals surface area contributed by atoms with Gasteiger partial charge in [0.25, 0.3) is 0 Å². The van der Waals surface area contributed by atoms with Crippen molar-refractivity contribution in [3.8, 4) is 17.1 Å². The molecule has 1 aromatic heterocycles. The van der Waals surface area contributed by atoms with Gasteiger partial charge in [-0.2, -0.15) is 0 Å². The minimum absolute atomic E-state index is 0.374. The van der Waals surface area contributed by atoms with Crippen LogP contribution in [0, 0.1) is 0 Å². The first-order chi connectivity index (χ1) is 12.1. The maximum atomic E-state index is 10.7. The molecule has 0 aliphatic carbocycles. The number of hydrogen-bond acceptors (Lipinski definition) is 3. The first-order valence-corrected chi connectivity index (χ1v) is 8.47. The molecule has 0 spiro atoms. The first kappa shape index (κ1) is 15.7. The summed E-state index contributed by atoms with van der Waals surface area (Å²) in [7, 11) is 0. The molecule has 0 bridgehead atoms. The molecule has 1 heterocycles. The van der Waals surface area contributed by atoms with Crippen LogP contribution in [0.15, 0.2) is 69.6 Å². The Morgan fingerprint density at radius 1 is 1.04 bits per heavy atom. The largest absolute Gasteiger partial charge is 0.481 e. The summed E-state index contributed by atoms with van der Waals surface area (Å²) in [5.41, 5.74) is 1.84. The Bertz CT molecular complexity index is 1060. The fraction of sp³-hybridized carbons (Fsp3) is 0.0500. The maximum absolute atomic E-state index is 10.7. The van der Waals surface area contributed by atoms with Crippen molar-refractivity contribution >= 4 is 43.6 Å². The molecule has 4 rings (SSSR count). The first-order valence-electron chi connectivity index (χ1n) is 7.67. The molecule has 124 valence electrons. The van der Waals surface area contributed by atoms with Crippen molar-refractivity contribution in [1.29, 1.82) is 0 Å². The molecule has 0 saturated heterocycles. The van der Waals surface area contributed by atoms with Crippen LogP contribution in [-0.4, -0.2) is 17.7 Å². The number of carbonyl (C=O) groups is 1. The Labute approximate surface area is 151 Å². The summed E-state index contributed by atoms with van der Waals surface area (Å²) in [4.78, 5) is 10.7. The average Bonchev–Trinajstić information content (AvgIpc) is 3.05. The van der Waals surface area contributed by atoms with E-state index < -0.39 is 5.97 Å². The molecule has 0 aliphatic rings. The van der Waals surface area contributed by atoms with E-state index >= 15 is 0 Å². The van der Waals surface area contributed by atoms with Crippen LogP contribution in [0.3, 0.4) is 0 Å². The van der Waals surface area contributed by atoms with E-state index in [0.29, 0.717) is 5.75 Å². The summed E-state index contributed by atoms with van der Waals surface area (Å²) in [6.45, 7) is -0.374. The number of carboxylic acid groups (broad SMARTS) is 1. The van der Waals surface area contributed by atoms with Crippen molar-refractivity contribution in [1.82, 2.24) is 0 Å². The van der Waals surface area contributed by atoms with E-state index in [2.05, 4.69) is 15.9 Å². The number of furan rings is 1. The molecule has 0 fully saturated rings. The van der Waals surface area contributed by atoms with Crippen LogP contribution in [0.4, 0.5) is 0 Å². The predicted molar refractivity (Wildman–Crippen MR) is 100.0 cm³/mol. The topological polar surface area (TPSA) is 59.7 Å². The maximum Gasteiger partial charge on any atom is 0.341 e. The Morgan fingerprint density at radius 3 is 2.68 bits per heavy atom. The molecular formula is C20H13BrO4. The number of para-hydroxylation sites is 1. The molecule has 0 aliphatic heterocycles. The summed E-state index contributed by atoms with van der Waals surface area (Å²) in [6, 6.07) is 19.6. The quantitative estimate of drug-likeness (QED) is 0.496. The van der Waals surface area contributed by atoms with Crippen molar-refractivity contribution in [2.45, 2.75) is 0 Å². The molecule has 4 aromatic rings. The molecule has 25 heavy (non-hydrogen) atoms. The van der Waals surface area contributed by atoms with Gasteiger partial charge in [0.2, 0.25) is 0 Å². The van der Waals surface area contributed by atoms with E-state index in [-0.39, 0.29) is 6.61 Å². The Balaban J connectivity index is 1.75. The van der Waals surface area contributed by atoms with E-state index in [0.717, 1.165) is 37.5 Å². The number of rotatable bonds is 4. The Morgan fingerprint density at radius 2 is 1.88 bits per heavy atom. The van der Waals surface area contributed by atoms with Crippen molar-refractivity contribution in [3.05, 3.63) is 65.1 Å². The fourth-order valence-corrected chi connectivity index (χ4v) is 3.41. The molecule has 0 radical (unpaired) electrons. The highest BCUT2D eigenvalue weighted by atomic mass is 79.9. The van der Waals surface area contributed by atoms with Gasteiger partial charge in [0.1, 0.15) is 17.1 Å². The molecular weight excluding hydrogens is 384 g/mol. The molecule has 0 unspecified atom stereocenters. The van der Waals surface area contributed by atoms with E-state index in [9.17, 15) is 4.79 Å². The fourth-order valence-electron chi connectivity index (χ4n) is 2.80. The molecule has 3 aromatic carbocycles. The zero-order valence-corrected chi connectivity index (χ0v) is 14.6. The van der Waals surface area contributed by atoms with Gasteiger partial charge in [-0.05, 0) is 51.0 Å². The van der Waals surface area contributed by atoms with Crippen molar-refractivity contribution in [2.75, 3.05) is 6.61 Å². The van der Waals surface area contributed by atoms with Crippen LogP contribution in [0.5, 0.6) is 5.75 Å². The minimum Gasteiger partial charge on any atom is -0.481 e. The normalized spacial score (nSPS) is 11.1. The van der Waals surface area contributed by atoms with Gasteiger partial charge >= 0.3 is 5.97 Å². The lowest BCUT2D eigenvalue weighted by molar-refractivity contribution is -0.139. The summed E-state index contributed by atoms with van der Waals surface area (Å²) in [5, 5.41) is 11.8. The van der Waals surface area contributed by atoms with Crippen LogP contribution in [-0.2, 0) is 4.79 Å². The Kier molecular flexibility index (Phi) is 3.93. The van der Waals surface area contributed by atoms with Gasteiger partial charge in [0, 0.05) is 10.9 Å². The third-order valence-electron chi connectivity index (χ3n) is 3.98. The van der Waals surface area contributed by atoms with Crippen molar-refractivity contribution in [2.24, 2.45) is 0 Å². The van der Waals surface area contributed by atoms with Gasteiger partial charge in [-0.3, -0.25) is 0 Å². The predicted octanol–water partition coefficient (Wildman–Crippen LogP) is 5.48. The van der Waals surface area contributed by atoms with E-state index in [4.69, 9.17) is 14.3 Å². The summed E-state index contributed by atoms with van der Waals surface area (Å²) in [5.74, 6) is 0.309. The van der Waals surface area contributed by atoms with E-state index in [1.807, 2.05) is 54.6 Å². The second-order valence-electron chi connectivity index (χ2n) is 5.64. The lowest BCUT2D eigenvalue weighted by atomic mass is 10.0. The average molecular weight is 397 g/mol. The highest BCUT2D eigenvalue weighted by Gasteiger charge is 2.11. The van der Waals surface area contributed by atoms with Gasteiger partial charge in [0.15, 0.2) is 6.61 Å². The molecule has 1 N–H and O–H groups in total. The van der Waals surface area contributed by atoms with Crippen LogP contribution in [0.2, 0.25) is 0 Å². The van der Waals surface area contributed by atoms with Crippen LogP contribution >= 0.6 is 15.9 Å². The molecule has 0 atom stereocenters. The molecule has 4 nitrogen and oxygen atoms in total. The summed E-state index contributed by atoms with van der Waals surface area (Å²) < 4.78 is 12.0. The summed E-state index contributed by atoms with van der Waals surface area (Å²) in [6.07, 6.45) is 0. The van der Waals surface area contributed by atoms with Gasteiger partial charge in [-0.15, -0.1) is 0 Å². The van der Waals surface area contributed by atoms with Gasteiger partial charge in [0.05, 0.1) is 4.47 Å². The third kappa shape index (κ3) is 2.98. The van der Waals surface area contributed by atoms with E-state index in [1.165, 1.54) is 0 Å². The second-order valence-corrected chi connectivity index (χ2v) is 6.44. The zero-order valence-electron chi connectivity index (χ0n) is 13.0. The number of hydrogen-bond donors (Lipinski definition) is 1. The second kappa shape index (κ2) is 6.26. The molecule has 0 saturated carbocycles. The molecule has 0 amide bonds. The molecule has 5 heteroatoms. The number of fused-ring (bicyclic) bond motifs is 2. The summed E-state index contributed by atoms with van der Waals surface area (Å²) >= 11 is 3.50. The number of aliphatic carboxylic acids is 1. The smallest absolute Gasteiger partial charge is 0.341 e. The van der Waals surface area contributed by atoms with Crippen LogP contribution in [0.25, 0.3) is 33.1 Å². The van der Waals surface area contributed by atoms with Crippen molar-refractivity contribution < 1.29 is 19.1 Å². The number of halogens is 1. The third-order valence-corrected chi connectivity index (χ3v) is 4.80. The lowest BCUT2D eigenvalue weighted by Crippen LogP contribution is -2.09. The minimum atomic E-state index is -1.01. The highest BCUT2D eigenvalue weighted by molar-refractivity contribution is 9.10. The van der Waals surface area contributed by atoms with E-state index in [1.54, 1.807) is 6.07 Å². The van der Waals surface area contributed by atoms with Gasteiger partial charge in [-0.25, -0.2) is 4.79 Å². The standard InChI is InChI=1S/C20H13BrO4/c21-20-15-7-5-14(18-10-13-3-1-2-4-16(13)25-18)9-12(15)6-8-17(20)24-11-19(22)23/h1-10H,11H2,(H,22,23).